The van der Waals surface area contributed by atoms with Gasteiger partial charge in [0.2, 0.25) is 0 Å². The van der Waals surface area contributed by atoms with E-state index in [9.17, 15) is 9.59 Å². The first-order valence-corrected chi connectivity index (χ1v) is 11.3. The number of rotatable bonds is 4. The van der Waals surface area contributed by atoms with Crippen LogP contribution in [0.25, 0.3) is 0 Å². The van der Waals surface area contributed by atoms with Crippen LogP contribution in [0.4, 0.5) is 0 Å². The molecule has 3 nitrogen and oxygen atoms in total. The van der Waals surface area contributed by atoms with E-state index in [-0.39, 0.29) is 11.4 Å². The van der Waals surface area contributed by atoms with E-state index in [0.717, 1.165) is 19.3 Å². The minimum absolute atomic E-state index is 0.0807. The number of ether oxygens (including phenoxy) is 1. The van der Waals surface area contributed by atoms with Gasteiger partial charge in [-0.05, 0) is 85.0 Å². The third-order valence-corrected chi connectivity index (χ3v) is 9.25. The Labute approximate surface area is 170 Å². The standard InChI is InChI=1S/C25H36O3/c1-16(5-10-23(27)28-4)20-8-9-21-19-7-6-17-15-18(26)11-13-24(17,2)22(19)12-14-25(20,21)3/h7,11,13,16-17,20-22H,5-6,8-10,12,14-15H2,1-4H3/t16-,17-,20-,21+,22+,24+,25-/m1/s1. The number of esters is 1. The molecular weight excluding hydrogens is 348 g/mol. The molecule has 0 N–H and O–H groups in total. The molecule has 0 unspecified atom stereocenters. The Morgan fingerprint density at radius 2 is 2.04 bits per heavy atom. The number of carbonyl (C=O) groups is 2. The molecule has 2 saturated carbocycles. The van der Waals surface area contributed by atoms with Crippen molar-refractivity contribution in [3.63, 3.8) is 0 Å². The third kappa shape index (κ3) is 3.00. The molecule has 3 heteroatoms. The average Bonchev–Trinajstić information content (AvgIpc) is 3.03. The van der Waals surface area contributed by atoms with E-state index in [2.05, 4.69) is 32.9 Å². The normalized spacial score (nSPS) is 42.9. The third-order valence-electron chi connectivity index (χ3n) is 9.25. The topological polar surface area (TPSA) is 43.4 Å². The second-order valence-corrected chi connectivity index (χ2v) is 10.4. The molecule has 7 atom stereocenters. The fourth-order valence-electron chi connectivity index (χ4n) is 7.53. The Morgan fingerprint density at radius 3 is 2.79 bits per heavy atom. The molecule has 0 heterocycles. The van der Waals surface area contributed by atoms with E-state index in [1.807, 2.05) is 6.08 Å². The van der Waals surface area contributed by atoms with Gasteiger partial charge in [-0.3, -0.25) is 9.59 Å². The van der Waals surface area contributed by atoms with Crippen molar-refractivity contribution in [3.8, 4) is 0 Å². The molecule has 0 amide bonds. The average molecular weight is 385 g/mol. The van der Waals surface area contributed by atoms with Crippen molar-refractivity contribution in [3.05, 3.63) is 23.8 Å². The van der Waals surface area contributed by atoms with Crippen molar-refractivity contribution in [2.24, 2.45) is 40.4 Å². The summed E-state index contributed by atoms with van der Waals surface area (Å²) >= 11 is 0. The maximum atomic E-state index is 12.0. The number of carbonyl (C=O) groups excluding carboxylic acids is 2. The van der Waals surface area contributed by atoms with Crippen LogP contribution in [-0.4, -0.2) is 18.9 Å². The van der Waals surface area contributed by atoms with Gasteiger partial charge in [-0.15, -0.1) is 0 Å². The smallest absolute Gasteiger partial charge is 0.305 e. The summed E-state index contributed by atoms with van der Waals surface area (Å²) in [6, 6.07) is 0. The van der Waals surface area contributed by atoms with Gasteiger partial charge in [-0.2, -0.15) is 0 Å². The van der Waals surface area contributed by atoms with Crippen molar-refractivity contribution in [2.45, 2.75) is 72.1 Å². The molecule has 2 fully saturated rings. The zero-order valence-corrected chi connectivity index (χ0v) is 18.0. The highest BCUT2D eigenvalue weighted by atomic mass is 16.5. The van der Waals surface area contributed by atoms with Gasteiger partial charge in [0.05, 0.1) is 7.11 Å². The second-order valence-electron chi connectivity index (χ2n) is 10.4. The van der Waals surface area contributed by atoms with Crippen LogP contribution in [-0.2, 0) is 14.3 Å². The van der Waals surface area contributed by atoms with Crippen LogP contribution in [0.2, 0.25) is 0 Å². The summed E-state index contributed by atoms with van der Waals surface area (Å²) < 4.78 is 4.86. The van der Waals surface area contributed by atoms with Crippen LogP contribution in [0.15, 0.2) is 23.8 Å². The van der Waals surface area contributed by atoms with Crippen molar-refractivity contribution >= 4 is 11.8 Å². The molecule has 0 aromatic rings. The van der Waals surface area contributed by atoms with Gasteiger partial charge in [0, 0.05) is 12.8 Å². The maximum Gasteiger partial charge on any atom is 0.305 e. The highest BCUT2D eigenvalue weighted by molar-refractivity contribution is 5.91. The Balaban J connectivity index is 1.54. The number of methoxy groups -OCH3 is 1. The van der Waals surface area contributed by atoms with E-state index in [1.165, 1.54) is 32.8 Å². The van der Waals surface area contributed by atoms with Crippen LogP contribution in [0.1, 0.15) is 72.1 Å². The van der Waals surface area contributed by atoms with E-state index >= 15 is 0 Å². The second kappa shape index (κ2) is 7.15. The highest BCUT2D eigenvalue weighted by Crippen LogP contribution is 2.66. The van der Waals surface area contributed by atoms with Gasteiger partial charge >= 0.3 is 5.97 Å². The molecule has 28 heavy (non-hydrogen) atoms. The summed E-state index contributed by atoms with van der Waals surface area (Å²) in [4.78, 5) is 23.6. The Hall–Kier alpha value is -1.38. The number of allylic oxidation sites excluding steroid dienone is 4. The zero-order valence-electron chi connectivity index (χ0n) is 18.0. The summed E-state index contributed by atoms with van der Waals surface area (Å²) in [5.41, 5.74) is 2.22. The van der Waals surface area contributed by atoms with Gasteiger partial charge in [0.25, 0.3) is 0 Å². The maximum absolute atomic E-state index is 12.0. The van der Waals surface area contributed by atoms with Crippen LogP contribution in [0, 0.1) is 40.4 Å². The Kier molecular flexibility index (Phi) is 5.08. The molecule has 0 radical (unpaired) electrons. The first kappa shape index (κ1) is 19.9. The molecule has 0 spiro atoms. The molecule has 4 rings (SSSR count). The molecule has 0 aromatic heterocycles. The largest absolute Gasteiger partial charge is 0.469 e. The van der Waals surface area contributed by atoms with Crippen molar-refractivity contribution in [1.29, 1.82) is 0 Å². The monoisotopic (exact) mass is 384 g/mol. The fraction of sp³-hybridized carbons (Fsp3) is 0.760. The molecular formula is C25H36O3. The molecule has 0 aromatic carbocycles. The number of hydrogen-bond acceptors (Lipinski definition) is 3. The van der Waals surface area contributed by atoms with Crippen LogP contribution in [0.5, 0.6) is 0 Å². The van der Waals surface area contributed by atoms with Gasteiger partial charge in [0.1, 0.15) is 0 Å². The lowest BCUT2D eigenvalue weighted by atomic mass is 9.49. The minimum Gasteiger partial charge on any atom is -0.469 e. The van der Waals surface area contributed by atoms with E-state index in [4.69, 9.17) is 4.74 Å². The Morgan fingerprint density at radius 1 is 1.25 bits per heavy atom. The van der Waals surface area contributed by atoms with Crippen molar-refractivity contribution in [1.82, 2.24) is 0 Å². The molecule has 4 aliphatic carbocycles. The van der Waals surface area contributed by atoms with E-state index < -0.39 is 0 Å². The van der Waals surface area contributed by atoms with Gasteiger partial charge < -0.3 is 4.74 Å². The van der Waals surface area contributed by atoms with E-state index in [0.29, 0.717) is 47.2 Å². The summed E-state index contributed by atoms with van der Waals surface area (Å²) in [5, 5.41) is 0. The number of ketones is 1. The quantitative estimate of drug-likeness (QED) is 0.475. The van der Waals surface area contributed by atoms with Crippen LogP contribution >= 0.6 is 0 Å². The van der Waals surface area contributed by atoms with E-state index in [1.54, 1.807) is 5.57 Å². The molecule has 4 aliphatic rings. The first-order valence-electron chi connectivity index (χ1n) is 11.3. The lowest BCUT2D eigenvalue weighted by Crippen LogP contribution is -2.48. The lowest BCUT2D eigenvalue weighted by Gasteiger charge is -2.55. The van der Waals surface area contributed by atoms with Crippen molar-refractivity contribution in [2.75, 3.05) is 7.11 Å². The highest BCUT2D eigenvalue weighted by Gasteiger charge is 2.57. The van der Waals surface area contributed by atoms with Crippen molar-refractivity contribution < 1.29 is 14.3 Å². The van der Waals surface area contributed by atoms with Gasteiger partial charge in [-0.1, -0.05) is 38.5 Å². The molecule has 0 aliphatic heterocycles. The zero-order chi connectivity index (χ0) is 20.1. The van der Waals surface area contributed by atoms with Gasteiger partial charge in [-0.25, -0.2) is 0 Å². The predicted molar refractivity (Wildman–Crippen MR) is 111 cm³/mol. The molecule has 154 valence electrons. The molecule has 0 bridgehead atoms. The molecule has 0 saturated heterocycles. The summed E-state index contributed by atoms with van der Waals surface area (Å²) in [6.45, 7) is 7.28. The van der Waals surface area contributed by atoms with Gasteiger partial charge in [0.15, 0.2) is 5.78 Å². The first-order chi connectivity index (χ1) is 13.3. The Bertz CT molecular complexity index is 719. The van der Waals surface area contributed by atoms with Crippen LogP contribution < -0.4 is 0 Å². The fourth-order valence-corrected chi connectivity index (χ4v) is 7.53. The SMILES string of the molecule is COC(=O)CC[C@@H](C)[C@H]1CC[C@H]2C3=CC[C@@H]4CC(=O)C=C[C@]4(C)[C@H]3CC[C@]12C. The van der Waals surface area contributed by atoms with Crippen LogP contribution in [0.3, 0.4) is 0 Å². The summed E-state index contributed by atoms with van der Waals surface area (Å²) in [6.07, 6.45) is 15.0. The number of hydrogen-bond donors (Lipinski definition) is 0. The summed E-state index contributed by atoms with van der Waals surface area (Å²) in [5.74, 6) is 3.25. The predicted octanol–water partition coefficient (Wildman–Crippen LogP) is 5.50. The number of fused-ring (bicyclic) bond motifs is 5. The lowest BCUT2D eigenvalue weighted by molar-refractivity contribution is -0.141. The summed E-state index contributed by atoms with van der Waals surface area (Å²) in [7, 11) is 1.48. The minimum atomic E-state index is -0.0807.